The lowest BCUT2D eigenvalue weighted by Gasteiger charge is -2.24. The Morgan fingerprint density at radius 2 is 1.70 bits per heavy atom. The molecule has 122 valence electrons. The second-order valence-electron chi connectivity index (χ2n) is 5.64. The Kier molecular flexibility index (Phi) is 5.93. The van der Waals surface area contributed by atoms with Gasteiger partial charge in [-0.2, -0.15) is 0 Å². The fraction of sp³-hybridized carbons (Fsp3) is 0.278. The highest BCUT2D eigenvalue weighted by molar-refractivity contribution is 9.10. The maximum Gasteiger partial charge on any atom is 0.244 e. The SMILES string of the molecule is COCc1ccc(CNC(=O)C(C)(N)c2ccc(Br)cc2)cc1. The summed E-state index contributed by atoms with van der Waals surface area (Å²) in [6.45, 7) is 2.74. The van der Waals surface area contributed by atoms with Crippen LogP contribution < -0.4 is 11.1 Å². The minimum Gasteiger partial charge on any atom is -0.380 e. The summed E-state index contributed by atoms with van der Waals surface area (Å²) >= 11 is 3.38. The lowest BCUT2D eigenvalue weighted by molar-refractivity contribution is -0.126. The lowest BCUT2D eigenvalue weighted by atomic mass is 9.92. The van der Waals surface area contributed by atoms with Crippen LogP contribution in [0.15, 0.2) is 53.0 Å². The highest BCUT2D eigenvalue weighted by Crippen LogP contribution is 2.20. The number of ether oxygens (including phenoxy) is 1. The van der Waals surface area contributed by atoms with Crippen LogP contribution in [0.4, 0.5) is 0 Å². The van der Waals surface area contributed by atoms with Crippen molar-refractivity contribution in [1.82, 2.24) is 5.32 Å². The van der Waals surface area contributed by atoms with Gasteiger partial charge in [-0.15, -0.1) is 0 Å². The average Bonchev–Trinajstić information content (AvgIpc) is 2.54. The fourth-order valence-electron chi connectivity index (χ4n) is 2.21. The Labute approximate surface area is 145 Å². The van der Waals surface area contributed by atoms with Gasteiger partial charge in [-0.1, -0.05) is 52.3 Å². The lowest BCUT2D eigenvalue weighted by Crippen LogP contribution is -2.48. The van der Waals surface area contributed by atoms with Crippen LogP contribution >= 0.6 is 15.9 Å². The van der Waals surface area contributed by atoms with Gasteiger partial charge in [0.1, 0.15) is 5.54 Å². The Bertz CT molecular complexity index is 652. The molecule has 2 aromatic rings. The molecule has 0 aromatic heterocycles. The predicted octanol–water partition coefficient (Wildman–Crippen LogP) is 3.09. The van der Waals surface area contributed by atoms with Crippen molar-refractivity contribution in [2.75, 3.05) is 7.11 Å². The minimum absolute atomic E-state index is 0.208. The van der Waals surface area contributed by atoms with Crippen LogP contribution in [0.2, 0.25) is 0 Å². The van der Waals surface area contributed by atoms with Crippen molar-refractivity contribution in [3.8, 4) is 0 Å². The van der Waals surface area contributed by atoms with E-state index in [1.165, 1.54) is 0 Å². The van der Waals surface area contributed by atoms with Crippen molar-refractivity contribution in [3.05, 3.63) is 69.7 Å². The first-order valence-electron chi connectivity index (χ1n) is 7.33. The molecule has 0 saturated heterocycles. The maximum atomic E-state index is 12.4. The van der Waals surface area contributed by atoms with E-state index >= 15 is 0 Å². The molecule has 5 heteroatoms. The molecule has 0 aliphatic rings. The van der Waals surface area contributed by atoms with E-state index in [0.717, 1.165) is 21.2 Å². The Morgan fingerprint density at radius 3 is 2.26 bits per heavy atom. The zero-order valence-corrected chi connectivity index (χ0v) is 14.9. The average molecular weight is 377 g/mol. The highest BCUT2D eigenvalue weighted by atomic mass is 79.9. The summed E-state index contributed by atoms with van der Waals surface area (Å²) in [5.74, 6) is -0.208. The van der Waals surface area contributed by atoms with Gasteiger partial charge in [0.15, 0.2) is 0 Å². The van der Waals surface area contributed by atoms with Gasteiger partial charge >= 0.3 is 0 Å². The first-order chi connectivity index (χ1) is 10.9. The number of rotatable bonds is 6. The van der Waals surface area contributed by atoms with Crippen molar-refractivity contribution < 1.29 is 9.53 Å². The molecule has 2 aromatic carbocycles. The molecule has 0 bridgehead atoms. The van der Waals surface area contributed by atoms with Crippen LogP contribution in [0.1, 0.15) is 23.6 Å². The molecule has 1 unspecified atom stereocenters. The second kappa shape index (κ2) is 7.73. The molecular formula is C18H21BrN2O2. The number of hydrogen-bond acceptors (Lipinski definition) is 3. The van der Waals surface area contributed by atoms with Gasteiger partial charge < -0.3 is 15.8 Å². The Morgan fingerprint density at radius 1 is 1.13 bits per heavy atom. The second-order valence-corrected chi connectivity index (χ2v) is 6.56. The van der Waals surface area contributed by atoms with E-state index in [1.54, 1.807) is 14.0 Å². The van der Waals surface area contributed by atoms with E-state index in [4.69, 9.17) is 10.5 Å². The molecule has 0 radical (unpaired) electrons. The van der Waals surface area contributed by atoms with E-state index in [9.17, 15) is 4.79 Å². The molecule has 4 nitrogen and oxygen atoms in total. The summed E-state index contributed by atoms with van der Waals surface area (Å²) in [6, 6.07) is 15.4. The van der Waals surface area contributed by atoms with E-state index in [-0.39, 0.29) is 5.91 Å². The third-order valence-electron chi connectivity index (χ3n) is 3.70. The molecule has 0 spiro atoms. The molecule has 0 fully saturated rings. The molecule has 2 rings (SSSR count). The van der Waals surface area contributed by atoms with E-state index in [1.807, 2.05) is 48.5 Å². The summed E-state index contributed by atoms with van der Waals surface area (Å²) in [5.41, 5.74) is 8.03. The van der Waals surface area contributed by atoms with Crippen molar-refractivity contribution in [1.29, 1.82) is 0 Å². The van der Waals surface area contributed by atoms with Crippen LogP contribution in [-0.4, -0.2) is 13.0 Å². The van der Waals surface area contributed by atoms with Crippen molar-refractivity contribution in [2.24, 2.45) is 5.73 Å². The smallest absolute Gasteiger partial charge is 0.244 e. The van der Waals surface area contributed by atoms with Gasteiger partial charge in [0, 0.05) is 18.1 Å². The number of carbonyl (C=O) groups is 1. The van der Waals surface area contributed by atoms with Gasteiger partial charge in [-0.25, -0.2) is 0 Å². The molecule has 3 N–H and O–H groups in total. The number of halogens is 1. The molecular weight excluding hydrogens is 356 g/mol. The first kappa shape index (κ1) is 17.7. The quantitative estimate of drug-likeness (QED) is 0.813. The van der Waals surface area contributed by atoms with Crippen LogP contribution in [0.5, 0.6) is 0 Å². The number of nitrogens with one attached hydrogen (secondary N) is 1. The molecule has 0 saturated carbocycles. The third-order valence-corrected chi connectivity index (χ3v) is 4.23. The normalized spacial score (nSPS) is 13.4. The van der Waals surface area contributed by atoms with E-state index < -0.39 is 5.54 Å². The molecule has 23 heavy (non-hydrogen) atoms. The molecule has 0 heterocycles. The maximum absolute atomic E-state index is 12.4. The van der Waals surface area contributed by atoms with Crippen LogP contribution in [0, 0.1) is 0 Å². The van der Waals surface area contributed by atoms with Gasteiger partial charge in [0.25, 0.3) is 0 Å². The van der Waals surface area contributed by atoms with Gasteiger partial charge in [-0.3, -0.25) is 4.79 Å². The van der Waals surface area contributed by atoms with Crippen LogP contribution in [-0.2, 0) is 28.2 Å². The standard InChI is InChI=1S/C18H21BrN2O2/c1-18(20,15-7-9-16(19)10-8-15)17(22)21-11-13-3-5-14(6-4-13)12-23-2/h3-10H,11-12,20H2,1-2H3,(H,21,22). The Balaban J connectivity index is 1.99. The topological polar surface area (TPSA) is 64.3 Å². The van der Waals surface area contributed by atoms with Crippen LogP contribution in [0.25, 0.3) is 0 Å². The monoisotopic (exact) mass is 376 g/mol. The first-order valence-corrected chi connectivity index (χ1v) is 8.13. The van der Waals surface area contributed by atoms with Crippen molar-refractivity contribution in [2.45, 2.75) is 25.6 Å². The largest absolute Gasteiger partial charge is 0.380 e. The summed E-state index contributed by atoms with van der Waals surface area (Å²) in [5, 5.41) is 2.90. The zero-order valence-electron chi connectivity index (χ0n) is 13.3. The summed E-state index contributed by atoms with van der Waals surface area (Å²) < 4.78 is 6.03. The third kappa shape index (κ3) is 4.64. The number of methoxy groups -OCH3 is 1. The number of carbonyl (C=O) groups excluding carboxylic acids is 1. The molecule has 0 aliphatic heterocycles. The molecule has 1 amide bonds. The molecule has 0 aliphatic carbocycles. The van der Waals surface area contributed by atoms with Gasteiger partial charge in [0.05, 0.1) is 6.61 Å². The Hall–Kier alpha value is -1.69. The summed E-state index contributed by atoms with van der Waals surface area (Å²) in [7, 11) is 1.67. The van der Waals surface area contributed by atoms with Crippen LogP contribution in [0.3, 0.4) is 0 Å². The van der Waals surface area contributed by atoms with Crippen molar-refractivity contribution in [3.63, 3.8) is 0 Å². The van der Waals surface area contributed by atoms with E-state index in [2.05, 4.69) is 21.2 Å². The highest BCUT2D eigenvalue weighted by Gasteiger charge is 2.30. The fourth-order valence-corrected chi connectivity index (χ4v) is 2.48. The summed E-state index contributed by atoms with van der Waals surface area (Å²) in [4.78, 5) is 12.4. The minimum atomic E-state index is -1.07. The molecule has 1 atom stereocenters. The van der Waals surface area contributed by atoms with E-state index in [0.29, 0.717) is 13.2 Å². The van der Waals surface area contributed by atoms with Gasteiger partial charge in [0.2, 0.25) is 5.91 Å². The predicted molar refractivity (Wildman–Crippen MR) is 94.7 cm³/mol. The summed E-state index contributed by atoms with van der Waals surface area (Å²) in [6.07, 6.45) is 0. The number of amides is 1. The van der Waals surface area contributed by atoms with Gasteiger partial charge in [-0.05, 0) is 35.7 Å². The zero-order chi connectivity index (χ0) is 16.9. The van der Waals surface area contributed by atoms with Crippen molar-refractivity contribution >= 4 is 21.8 Å². The number of hydrogen-bond donors (Lipinski definition) is 2. The number of benzene rings is 2. The number of nitrogens with two attached hydrogens (primary N) is 1.